The zero-order valence-electron chi connectivity index (χ0n) is 6.66. The van der Waals surface area contributed by atoms with Crippen LogP contribution in [0.3, 0.4) is 0 Å². The molecule has 1 heterocycles. The minimum Gasteiger partial charge on any atom is -0.476 e. The molecule has 1 aliphatic heterocycles. The molecule has 0 radical (unpaired) electrons. The van der Waals surface area contributed by atoms with Crippen molar-refractivity contribution in [3.8, 4) is 5.75 Å². The van der Waals surface area contributed by atoms with Gasteiger partial charge in [0.05, 0.1) is 5.69 Å². The summed E-state index contributed by atoms with van der Waals surface area (Å²) in [4.78, 5) is 0. The monoisotopic (exact) mass is 183 g/mol. The molecule has 0 spiro atoms. The van der Waals surface area contributed by atoms with Crippen LogP contribution in [0.25, 0.3) is 0 Å². The topological polar surface area (TPSA) is 38.3 Å². The summed E-state index contributed by atoms with van der Waals surface area (Å²) in [5, 5.41) is 0. The highest BCUT2D eigenvalue weighted by atomic mass is 32.2. The Morgan fingerprint density at radius 2 is 2.42 bits per heavy atom. The second-order valence-electron chi connectivity index (χ2n) is 2.71. The Morgan fingerprint density at radius 3 is 3.25 bits per heavy atom. The van der Waals surface area contributed by atoms with Crippen LogP contribution < -0.4 is 9.46 Å². The van der Waals surface area contributed by atoms with Crippen molar-refractivity contribution in [2.75, 3.05) is 10.7 Å². The van der Waals surface area contributed by atoms with Gasteiger partial charge in [-0.1, -0.05) is 6.07 Å². The standard InChI is InChI=1S/C8H9NO2S/c1-6-2-3-8-7(4-6)9-12(10)5-11-8/h2-4,9H,5H2,1H3. The number of hydrogen-bond acceptors (Lipinski definition) is 2. The summed E-state index contributed by atoms with van der Waals surface area (Å²) in [6, 6.07) is 5.77. The third-order valence-electron chi connectivity index (χ3n) is 1.68. The van der Waals surface area contributed by atoms with Crippen molar-refractivity contribution in [1.29, 1.82) is 0 Å². The van der Waals surface area contributed by atoms with E-state index in [1.165, 1.54) is 0 Å². The summed E-state index contributed by atoms with van der Waals surface area (Å²) in [6.45, 7) is 1.99. The first-order chi connectivity index (χ1) is 5.75. The van der Waals surface area contributed by atoms with Gasteiger partial charge in [-0.25, -0.2) is 4.21 Å². The highest BCUT2D eigenvalue weighted by Gasteiger charge is 2.13. The van der Waals surface area contributed by atoms with Gasteiger partial charge in [-0.15, -0.1) is 0 Å². The Bertz CT molecular complexity index is 338. The van der Waals surface area contributed by atoms with Gasteiger partial charge >= 0.3 is 0 Å². The first-order valence-electron chi connectivity index (χ1n) is 3.64. The van der Waals surface area contributed by atoms with Gasteiger partial charge in [0.25, 0.3) is 0 Å². The van der Waals surface area contributed by atoms with Crippen LogP contribution in [0.2, 0.25) is 0 Å². The largest absolute Gasteiger partial charge is 0.476 e. The third-order valence-corrected chi connectivity index (χ3v) is 2.46. The first kappa shape index (κ1) is 7.61. The van der Waals surface area contributed by atoms with E-state index in [1.54, 1.807) is 0 Å². The second kappa shape index (κ2) is 2.79. The van der Waals surface area contributed by atoms with Crippen molar-refractivity contribution in [3.05, 3.63) is 23.8 Å². The van der Waals surface area contributed by atoms with Crippen molar-refractivity contribution in [3.63, 3.8) is 0 Å². The van der Waals surface area contributed by atoms with Crippen LogP contribution >= 0.6 is 0 Å². The SMILES string of the molecule is Cc1ccc2c(c1)NS(=O)CO2. The molecule has 4 heteroatoms. The fraction of sp³-hybridized carbons (Fsp3) is 0.250. The van der Waals surface area contributed by atoms with E-state index in [9.17, 15) is 4.21 Å². The molecule has 3 nitrogen and oxygen atoms in total. The molecular formula is C8H9NO2S. The first-order valence-corrected chi connectivity index (χ1v) is 4.96. The molecule has 0 saturated heterocycles. The van der Waals surface area contributed by atoms with Gasteiger partial charge in [-0.05, 0) is 24.6 Å². The molecule has 1 aromatic carbocycles. The highest BCUT2D eigenvalue weighted by molar-refractivity contribution is 7.86. The summed E-state index contributed by atoms with van der Waals surface area (Å²) in [5.74, 6) is 1.01. The number of rotatable bonds is 0. The van der Waals surface area contributed by atoms with E-state index in [4.69, 9.17) is 4.74 Å². The predicted octanol–water partition coefficient (Wildman–Crippen LogP) is 1.42. The maximum atomic E-state index is 11.0. The Balaban J connectivity index is 2.44. The lowest BCUT2D eigenvalue weighted by molar-refractivity contribution is 0.384. The van der Waals surface area contributed by atoms with Crippen LogP contribution in [0, 0.1) is 6.92 Å². The Labute approximate surface area is 73.3 Å². The van der Waals surface area contributed by atoms with Crippen LogP contribution in [-0.2, 0) is 11.0 Å². The molecule has 1 atom stereocenters. The minimum atomic E-state index is -1.08. The van der Waals surface area contributed by atoms with Crippen molar-refractivity contribution >= 4 is 16.7 Å². The van der Waals surface area contributed by atoms with E-state index >= 15 is 0 Å². The number of nitrogens with one attached hydrogen (secondary N) is 1. The molecule has 0 aliphatic carbocycles. The van der Waals surface area contributed by atoms with E-state index in [-0.39, 0.29) is 5.94 Å². The zero-order chi connectivity index (χ0) is 8.55. The van der Waals surface area contributed by atoms with Gasteiger partial charge in [0.2, 0.25) is 0 Å². The third kappa shape index (κ3) is 1.30. The predicted molar refractivity (Wildman–Crippen MR) is 48.4 cm³/mol. The number of ether oxygens (including phenoxy) is 1. The van der Waals surface area contributed by atoms with E-state index in [0.29, 0.717) is 0 Å². The maximum absolute atomic E-state index is 11.0. The summed E-state index contributed by atoms with van der Waals surface area (Å²) >= 11 is 0. The fourth-order valence-electron chi connectivity index (χ4n) is 1.12. The van der Waals surface area contributed by atoms with Crippen LogP contribution in [0.4, 0.5) is 5.69 Å². The lowest BCUT2D eigenvalue weighted by Gasteiger charge is -2.18. The van der Waals surface area contributed by atoms with Crippen LogP contribution in [0.5, 0.6) is 5.75 Å². The summed E-state index contributed by atoms with van der Waals surface area (Å²) in [5.41, 5.74) is 1.95. The van der Waals surface area contributed by atoms with Crippen LogP contribution in [-0.4, -0.2) is 10.1 Å². The van der Waals surface area contributed by atoms with Crippen molar-refractivity contribution in [2.24, 2.45) is 0 Å². The van der Waals surface area contributed by atoms with Gasteiger partial charge in [0, 0.05) is 0 Å². The molecule has 1 aromatic rings. The average Bonchev–Trinajstić information content (AvgIpc) is 2.03. The lowest BCUT2D eigenvalue weighted by Crippen LogP contribution is -2.19. The summed E-state index contributed by atoms with van der Waals surface area (Å²) in [6.07, 6.45) is 0. The molecule has 12 heavy (non-hydrogen) atoms. The van der Waals surface area contributed by atoms with E-state index in [0.717, 1.165) is 17.0 Å². The molecule has 0 amide bonds. The molecule has 0 bridgehead atoms. The highest BCUT2D eigenvalue weighted by Crippen LogP contribution is 2.28. The number of anilines is 1. The smallest absolute Gasteiger partial charge is 0.182 e. The number of hydrogen-bond donors (Lipinski definition) is 1. The average molecular weight is 183 g/mol. The molecule has 64 valence electrons. The normalized spacial score (nSPS) is 20.6. The van der Waals surface area contributed by atoms with Crippen molar-refractivity contribution in [1.82, 2.24) is 0 Å². The maximum Gasteiger partial charge on any atom is 0.182 e. The van der Waals surface area contributed by atoms with E-state index in [2.05, 4.69) is 4.72 Å². The molecule has 1 aliphatic rings. The van der Waals surface area contributed by atoms with Crippen molar-refractivity contribution < 1.29 is 8.95 Å². The van der Waals surface area contributed by atoms with Crippen LogP contribution in [0.1, 0.15) is 5.56 Å². The Hall–Kier alpha value is -1.03. The van der Waals surface area contributed by atoms with Gasteiger partial charge in [-0.3, -0.25) is 4.72 Å². The second-order valence-corrected chi connectivity index (χ2v) is 3.84. The van der Waals surface area contributed by atoms with Gasteiger partial charge in [-0.2, -0.15) is 0 Å². The van der Waals surface area contributed by atoms with Crippen molar-refractivity contribution in [2.45, 2.75) is 6.92 Å². The van der Waals surface area contributed by atoms with Gasteiger partial charge in [0.1, 0.15) is 5.75 Å². The molecule has 0 aromatic heterocycles. The number of fused-ring (bicyclic) bond motifs is 1. The number of benzene rings is 1. The molecule has 0 fully saturated rings. The minimum absolute atomic E-state index is 0.232. The number of aryl methyl sites for hydroxylation is 1. The fourth-order valence-corrected chi connectivity index (χ4v) is 1.82. The van der Waals surface area contributed by atoms with E-state index in [1.807, 2.05) is 25.1 Å². The Kier molecular flexibility index (Phi) is 1.77. The summed E-state index contributed by atoms with van der Waals surface area (Å²) < 4.78 is 19.1. The van der Waals surface area contributed by atoms with Gasteiger partial charge in [0.15, 0.2) is 16.9 Å². The molecule has 0 saturated carbocycles. The molecule has 1 N–H and O–H groups in total. The van der Waals surface area contributed by atoms with E-state index < -0.39 is 11.0 Å². The molecule has 1 unspecified atom stereocenters. The Morgan fingerprint density at radius 1 is 1.58 bits per heavy atom. The molecule has 2 rings (SSSR count). The van der Waals surface area contributed by atoms with Crippen LogP contribution in [0.15, 0.2) is 18.2 Å². The molecular weight excluding hydrogens is 174 g/mol. The van der Waals surface area contributed by atoms with Gasteiger partial charge < -0.3 is 4.74 Å². The summed E-state index contributed by atoms with van der Waals surface area (Å²) in [7, 11) is -1.08. The zero-order valence-corrected chi connectivity index (χ0v) is 7.48. The lowest BCUT2D eigenvalue weighted by atomic mass is 10.2. The quantitative estimate of drug-likeness (QED) is 0.660.